The Morgan fingerprint density at radius 1 is 1.37 bits per heavy atom. The number of anilines is 1. The normalized spacial score (nSPS) is 25.9. The van der Waals surface area contributed by atoms with Crippen LogP contribution >= 0.6 is 0 Å². The average molecular weight is 262 g/mol. The second kappa shape index (κ2) is 5.43. The van der Waals surface area contributed by atoms with Crippen LogP contribution in [0.15, 0.2) is 18.5 Å². The lowest BCUT2D eigenvalue weighted by Crippen LogP contribution is -2.39. The number of nitrogens with zero attached hydrogens (tertiary/aromatic N) is 3. The van der Waals surface area contributed by atoms with Gasteiger partial charge in [-0.2, -0.15) is 0 Å². The number of nitrogens with one attached hydrogen (secondary N) is 1. The van der Waals surface area contributed by atoms with E-state index in [1.807, 2.05) is 18.5 Å². The topological polar surface area (TPSA) is 50.3 Å². The van der Waals surface area contributed by atoms with Gasteiger partial charge in [0.05, 0.1) is 12.6 Å². The largest absolute Gasteiger partial charge is 0.383 e. The van der Waals surface area contributed by atoms with Crippen molar-refractivity contribution < 1.29 is 4.74 Å². The van der Waals surface area contributed by atoms with Gasteiger partial charge in [-0.25, -0.2) is 9.97 Å². The summed E-state index contributed by atoms with van der Waals surface area (Å²) in [5.41, 5.74) is 0.424. The summed E-state index contributed by atoms with van der Waals surface area (Å²) >= 11 is 0. The standard InChI is InChI=1S/C14H22N4O/c1-19-10-12-9-14(3-7-15-8-4-14)11-18(12)13-16-5-2-6-17-13/h2,5-6,12,15H,3-4,7-11H2,1H3. The molecule has 1 aromatic rings. The summed E-state index contributed by atoms with van der Waals surface area (Å²) in [5, 5.41) is 3.46. The Labute approximate surface area is 114 Å². The van der Waals surface area contributed by atoms with Crippen molar-refractivity contribution >= 4 is 5.95 Å². The molecule has 2 aliphatic heterocycles. The second-order valence-electron chi connectivity index (χ2n) is 5.74. The van der Waals surface area contributed by atoms with Crippen molar-refractivity contribution in [3.8, 4) is 0 Å². The Bertz CT molecular complexity index is 405. The van der Waals surface area contributed by atoms with Crippen LogP contribution in [0.1, 0.15) is 19.3 Å². The summed E-state index contributed by atoms with van der Waals surface area (Å²) in [6, 6.07) is 2.27. The molecule has 1 N–H and O–H groups in total. The molecule has 5 nitrogen and oxygen atoms in total. The highest BCUT2D eigenvalue weighted by Gasteiger charge is 2.45. The van der Waals surface area contributed by atoms with Crippen molar-refractivity contribution in [2.75, 3.05) is 38.3 Å². The van der Waals surface area contributed by atoms with Crippen LogP contribution in [-0.4, -0.2) is 49.4 Å². The van der Waals surface area contributed by atoms with Gasteiger partial charge < -0.3 is 15.0 Å². The summed E-state index contributed by atoms with van der Waals surface area (Å²) < 4.78 is 5.40. The molecule has 1 unspecified atom stereocenters. The predicted molar refractivity (Wildman–Crippen MR) is 74.2 cm³/mol. The van der Waals surface area contributed by atoms with Crippen LogP contribution in [0.4, 0.5) is 5.95 Å². The van der Waals surface area contributed by atoms with Crippen LogP contribution in [-0.2, 0) is 4.74 Å². The molecule has 2 saturated heterocycles. The summed E-state index contributed by atoms with van der Waals surface area (Å²) in [7, 11) is 1.78. The zero-order chi connectivity index (χ0) is 13.1. The number of piperidine rings is 1. The monoisotopic (exact) mass is 262 g/mol. The number of aromatic nitrogens is 2. The van der Waals surface area contributed by atoms with Gasteiger partial charge in [-0.1, -0.05) is 0 Å². The summed E-state index contributed by atoms with van der Waals surface area (Å²) in [6.45, 7) is 4.08. The molecule has 3 rings (SSSR count). The Hall–Kier alpha value is -1.20. The van der Waals surface area contributed by atoms with Crippen molar-refractivity contribution in [3.05, 3.63) is 18.5 Å². The van der Waals surface area contributed by atoms with Crippen molar-refractivity contribution in [2.24, 2.45) is 5.41 Å². The van der Waals surface area contributed by atoms with Crippen LogP contribution in [0.2, 0.25) is 0 Å². The quantitative estimate of drug-likeness (QED) is 0.883. The maximum atomic E-state index is 5.40. The molecule has 2 aliphatic rings. The highest BCUT2D eigenvalue weighted by molar-refractivity contribution is 5.34. The third-order valence-corrected chi connectivity index (χ3v) is 4.45. The first-order chi connectivity index (χ1) is 9.33. The first-order valence-corrected chi connectivity index (χ1v) is 7.06. The fourth-order valence-electron chi connectivity index (χ4n) is 3.50. The van der Waals surface area contributed by atoms with Crippen LogP contribution < -0.4 is 10.2 Å². The average Bonchev–Trinajstić information content (AvgIpc) is 2.79. The van der Waals surface area contributed by atoms with Crippen LogP contribution in [0.3, 0.4) is 0 Å². The molecule has 5 heteroatoms. The summed E-state index contributed by atoms with van der Waals surface area (Å²) in [5.74, 6) is 0.847. The molecule has 0 radical (unpaired) electrons. The molecule has 0 aromatic carbocycles. The van der Waals surface area contributed by atoms with Gasteiger partial charge >= 0.3 is 0 Å². The highest BCUT2D eigenvalue weighted by atomic mass is 16.5. The van der Waals surface area contributed by atoms with Gasteiger partial charge in [0.15, 0.2) is 0 Å². The molecule has 0 saturated carbocycles. The maximum absolute atomic E-state index is 5.40. The Morgan fingerprint density at radius 2 is 2.11 bits per heavy atom. The van der Waals surface area contributed by atoms with E-state index in [1.54, 1.807) is 7.11 Å². The maximum Gasteiger partial charge on any atom is 0.225 e. The van der Waals surface area contributed by atoms with Crippen molar-refractivity contribution in [1.29, 1.82) is 0 Å². The molecule has 104 valence electrons. The van der Waals surface area contributed by atoms with Gasteiger partial charge in [0.25, 0.3) is 0 Å². The lowest BCUT2D eigenvalue weighted by molar-refractivity contribution is 0.164. The Balaban J connectivity index is 1.81. The van der Waals surface area contributed by atoms with E-state index in [2.05, 4.69) is 20.2 Å². The number of ether oxygens (including phenoxy) is 1. The zero-order valence-corrected chi connectivity index (χ0v) is 11.5. The minimum absolute atomic E-state index is 0.408. The minimum Gasteiger partial charge on any atom is -0.383 e. The molecule has 19 heavy (non-hydrogen) atoms. The molecule has 0 bridgehead atoms. The van der Waals surface area contributed by atoms with Crippen LogP contribution in [0.5, 0.6) is 0 Å². The van der Waals surface area contributed by atoms with E-state index in [0.717, 1.165) is 32.2 Å². The summed E-state index contributed by atoms with van der Waals surface area (Å²) in [6.07, 6.45) is 7.33. The van der Waals surface area contributed by atoms with Gasteiger partial charge in [0.2, 0.25) is 5.95 Å². The first-order valence-electron chi connectivity index (χ1n) is 7.06. The molecule has 1 atom stereocenters. The third-order valence-electron chi connectivity index (χ3n) is 4.45. The van der Waals surface area contributed by atoms with Gasteiger partial charge in [-0.15, -0.1) is 0 Å². The highest BCUT2D eigenvalue weighted by Crippen LogP contribution is 2.42. The first kappa shape index (κ1) is 12.8. The minimum atomic E-state index is 0.408. The zero-order valence-electron chi connectivity index (χ0n) is 11.5. The smallest absolute Gasteiger partial charge is 0.225 e. The van der Waals surface area contributed by atoms with Crippen LogP contribution in [0.25, 0.3) is 0 Å². The van der Waals surface area contributed by atoms with Crippen molar-refractivity contribution in [2.45, 2.75) is 25.3 Å². The lowest BCUT2D eigenvalue weighted by atomic mass is 9.77. The summed E-state index contributed by atoms with van der Waals surface area (Å²) in [4.78, 5) is 11.2. The Kier molecular flexibility index (Phi) is 3.66. The molecule has 2 fully saturated rings. The van der Waals surface area contributed by atoms with E-state index in [-0.39, 0.29) is 0 Å². The van der Waals surface area contributed by atoms with E-state index in [9.17, 15) is 0 Å². The van der Waals surface area contributed by atoms with Gasteiger partial charge in [0, 0.05) is 26.0 Å². The van der Waals surface area contributed by atoms with E-state index in [1.165, 1.54) is 19.3 Å². The molecular weight excluding hydrogens is 240 g/mol. The van der Waals surface area contributed by atoms with Crippen molar-refractivity contribution in [1.82, 2.24) is 15.3 Å². The SMILES string of the molecule is COCC1CC2(CCNCC2)CN1c1ncccn1. The van der Waals surface area contributed by atoms with Gasteiger partial charge in [0.1, 0.15) is 0 Å². The van der Waals surface area contributed by atoms with Crippen molar-refractivity contribution in [3.63, 3.8) is 0 Å². The number of rotatable bonds is 3. The second-order valence-corrected chi connectivity index (χ2v) is 5.74. The van der Waals surface area contributed by atoms with E-state index in [0.29, 0.717) is 11.5 Å². The van der Waals surface area contributed by atoms with Gasteiger partial charge in [-0.3, -0.25) is 0 Å². The molecule has 1 spiro atoms. The van der Waals surface area contributed by atoms with Gasteiger partial charge in [-0.05, 0) is 43.8 Å². The molecule has 0 aliphatic carbocycles. The molecule has 3 heterocycles. The predicted octanol–water partition coefficient (Wildman–Crippen LogP) is 1.07. The fraction of sp³-hybridized carbons (Fsp3) is 0.714. The molecular formula is C14H22N4O. The lowest BCUT2D eigenvalue weighted by Gasteiger charge is -2.33. The number of methoxy groups -OCH3 is 1. The fourth-order valence-corrected chi connectivity index (χ4v) is 3.50. The van der Waals surface area contributed by atoms with Crippen LogP contribution in [0, 0.1) is 5.41 Å². The third kappa shape index (κ3) is 2.58. The number of hydrogen-bond donors (Lipinski definition) is 1. The molecule has 0 amide bonds. The number of hydrogen-bond acceptors (Lipinski definition) is 5. The Morgan fingerprint density at radius 3 is 2.79 bits per heavy atom. The van der Waals surface area contributed by atoms with E-state index >= 15 is 0 Å². The van der Waals surface area contributed by atoms with E-state index in [4.69, 9.17) is 4.74 Å². The molecule has 1 aromatic heterocycles. The van der Waals surface area contributed by atoms with E-state index < -0.39 is 0 Å².